The minimum atomic E-state index is 0.244. The van der Waals surface area contributed by atoms with Gasteiger partial charge in [0.25, 0.3) is 0 Å². The second-order valence-corrected chi connectivity index (χ2v) is 4.91. The molecule has 0 aliphatic carbocycles. The summed E-state index contributed by atoms with van der Waals surface area (Å²) in [7, 11) is 0. The zero-order valence-corrected chi connectivity index (χ0v) is 10.6. The SMILES string of the molecule is NC1CCN(c2cnoc2-c2ccc(O)cc2)CC1. The van der Waals surface area contributed by atoms with Crippen LogP contribution in [0.3, 0.4) is 0 Å². The van der Waals surface area contributed by atoms with Gasteiger partial charge in [-0.05, 0) is 37.1 Å². The van der Waals surface area contributed by atoms with E-state index >= 15 is 0 Å². The quantitative estimate of drug-likeness (QED) is 0.862. The molecule has 0 unspecified atom stereocenters. The lowest BCUT2D eigenvalue weighted by Crippen LogP contribution is -2.39. The lowest BCUT2D eigenvalue weighted by molar-refractivity contribution is 0.431. The summed E-state index contributed by atoms with van der Waals surface area (Å²) in [6.07, 6.45) is 3.72. The van der Waals surface area contributed by atoms with E-state index in [1.807, 2.05) is 12.1 Å². The van der Waals surface area contributed by atoms with Crippen molar-refractivity contribution in [3.05, 3.63) is 30.5 Å². The lowest BCUT2D eigenvalue weighted by Gasteiger charge is -2.31. The number of rotatable bonds is 2. The van der Waals surface area contributed by atoms with Gasteiger partial charge in [-0.3, -0.25) is 0 Å². The van der Waals surface area contributed by atoms with E-state index in [1.54, 1.807) is 18.3 Å². The molecule has 0 radical (unpaired) electrons. The van der Waals surface area contributed by atoms with Gasteiger partial charge >= 0.3 is 0 Å². The van der Waals surface area contributed by atoms with Crippen LogP contribution in [0.15, 0.2) is 35.0 Å². The third-order valence-electron chi connectivity index (χ3n) is 3.56. The molecule has 5 nitrogen and oxygen atoms in total. The molecule has 1 aromatic heterocycles. The van der Waals surface area contributed by atoms with Crippen LogP contribution in [0.4, 0.5) is 5.69 Å². The van der Waals surface area contributed by atoms with Crippen molar-refractivity contribution in [3.63, 3.8) is 0 Å². The molecule has 2 aromatic rings. The lowest BCUT2D eigenvalue weighted by atomic mass is 10.0. The molecule has 5 heteroatoms. The molecule has 0 saturated carbocycles. The van der Waals surface area contributed by atoms with E-state index in [2.05, 4.69) is 10.1 Å². The largest absolute Gasteiger partial charge is 0.508 e. The fourth-order valence-corrected chi connectivity index (χ4v) is 2.41. The van der Waals surface area contributed by atoms with Crippen molar-refractivity contribution in [1.29, 1.82) is 0 Å². The Kier molecular flexibility index (Phi) is 3.13. The van der Waals surface area contributed by atoms with Crippen LogP contribution in [0.1, 0.15) is 12.8 Å². The van der Waals surface area contributed by atoms with E-state index in [0.717, 1.165) is 42.9 Å². The molecule has 3 rings (SSSR count). The first kappa shape index (κ1) is 12.0. The highest BCUT2D eigenvalue weighted by molar-refractivity contribution is 5.73. The Hall–Kier alpha value is -2.01. The standard InChI is InChI=1S/C14H17N3O2/c15-11-5-7-17(8-6-11)13-9-16-19-14(13)10-1-3-12(18)4-2-10/h1-4,9,11,18H,5-8,15H2. The predicted molar refractivity (Wildman–Crippen MR) is 73.0 cm³/mol. The minimum Gasteiger partial charge on any atom is -0.508 e. The number of aromatic hydroxyl groups is 1. The Morgan fingerprint density at radius 1 is 1.21 bits per heavy atom. The average Bonchev–Trinajstić information content (AvgIpc) is 2.90. The summed E-state index contributed by atoms with van der Waals surface area (Å²) in [5, 5.41) is 13.2. The summed E-state index contributed by atoms with van der Waals surface area (Å²) in [6, 6.07) is 7.25. The highest BCUT2D eigenvalue weighted by Gasteiger charge is 2.21. The Labute approximate surface area is 111 Å². The smallest absolute Gasteiger partial charge is 0.190 e. The zero-order valence-electron chi connectivity index (χ0n) is 10.6. The highest BCUT2D eigenvalue weighted by atomic mass is 16.5. The number of nitrogens with zero attached hydrogens (tertiary/aromatic N) is 2. The molecule has 0 bridgehead atoms. The van der Waals surface area contributed by atoms with Gasteiger partial charge in [-0.1, -0.05) is 5.16 Å². The number of nitrogens with two attached hydrogens (primary N) is 1. The summed E-state index contributed by atoms with van der Waals surface area (Å²) in [5.41, 5.74) is 7.84. The van der Waals surface area contributed by atoms with Gasteiger partial charge < -0.3 is 20.3 Å². The highest BCUT2D eigenvalue weighted by Crippen LogP contribution is 2.32. The summed E-state index contributed by atoms with van der Waals surface area (Å²) in [6.45, 7) is 1.85. The number of anilines is 1. The van der Waals surface area contributed by atoms with Crippen molar-refractivity contribution in [1.82, 2.24) is 5.16 Å². The van der Waals surface area contributed by atoms with Crippen molar-refractivity contribution in [2.24, 2.45) is 5.73 Å². The van der Waals surface area contributed by atoms with Crippen molar-refractivity contribution in [2.45, 2.75) is 18.9 Å². The van der Waals surface area contributed by atoms with Crippen molar-refractivity contribution >= 4 is 5.69 Å². The van der Waals surface area contributed by atoms with E-state index in [0.29, 0.717) is 6.04 Å². The topological polar surface area (TPSA) is 75.5 Å². The fraction of sp³-hybridized carbons (Fsp3) is 0.357. The summed E-state index contributed by atoms with van der Waals surface area (Å²) in [5.74, 6) is 0.990. The number of piperidine rings is 1. The van der Waals surface area contributed by atoms with E-state index in [9.17, 15) is 5.11 Å². The Balaban J connectivity index is 1.88. The number of phenolic OH excluding ortho intramolecular Hbond substituents is 1. The molecule has 100 valence electrons. The molecule has 3 N–H and O–H groups in total. The van der Waals surface area contributed by atoms with Crippen molar-refractivity contribution < 1.29 is 9.63 Å². The van der Waals surface area contributed by atoms with Crippen LogP contribution in [0.2, 0.25) is 0 Å². The van der Waals surface area contributed by atoms with E-state index in [-0.39, 0.29) is 5.75 Å². The first-order chi connectivity index (χ1) is 9.24. The monoisotopic (exact) mass is 259 g/mol. The molecule has 0 atom stereocenters. The van der Waals surface area contributed by atoms with Gasteiger partial charge in [0.2, 0.25) is 0 Å². The van der Waals surface area contributed by atoms with Gasteiger partial charge in [0.05, 0.1) is 6.20 Å². The number of hydrogen-bond donors (Lipinski definition) is 2. The molecule has 1 aromatic carbocycles. The van der Waals surface area contributed by atoms with E-state index in [4.69, 9.17) is 10.3 Å². The molecule has 0 spiro atoms. The van der Waals surface area contributed by atoms with Gasteiger partial charge in [0.1, 0.15) is 11.4 Å². The number of hydrogen-bond acceptors (Lipinski definition) is 5. The molecule has 1 fully saturated rings. The van der Waals surface area contributed by atoms with E-state index in [1.165, 1.54) is 0 Å². The Morgan fingerprint density at radius 3 is 2.58 bits per heavy atom. The summed E-state index contributed by atoms with van der Waals surface area (Å²) >= 11 is 0. The zero-order chi connectivity index (χ0) is 13.2. The van der Waals surface area contributed by atoms with Crippen molar-refractivity contribution in [3.8, 4) is 17.1 Å². The summed E-state index contributed by atoms with van der Waals surface area (Å²) < 4.78 is 5.37. The Bertz CT molecular complexity index is 542. The maximum Gasteiger partial charge on any atom is 0.190 e. The molecular weight excluding hydrogens is 242 g/mol. The van der Waals surface area contributed by atoms with Crippen LogP contribution in [0.5, 0.6) is 5.75 Å². The molecule has 1 aliphatic heterocycles. The van der Waals surface area contributed by atoms with Gasteiger partial charge in [0.15, 0.2) is 5.76 Å². The molecule has 1 saturated heterocycles. The van der Waals surface area contributed by atoms with Gasteiger partial charge in [-0.15, -0.1) is 0 Å². The second kappa shape index (κ2) is 4.93. The molecule has 1 aliphatic rings. The maximum atomic E-state index is 9.33. The molecule has 2 heterocycles. The fourth-order valence-electron chi connectivity index (χ4n) is 2.41. The molecule has 0 amide bonds. The van der Waals surface area contributed by atoms with Gasteiger partial charge in [0, 0.05) is 24.7 Å². The maximum absolute atomic E-state index is 9.33. The number of benzene rings is 1. The minimum absolute atomic E-state index is 0.244. The van der Waals surface area contributed by atoms with Crippen LogP contribution in [-0.2, 0) is 0 Å². The first-order valence-electron chi connectivity index (χ1n) is 6.48. The third kappa shape index (κ3) is 2.42. The average molecular weight is 259 g/mol. The van der Waals surface area contributed by atoms with E-state index < -0.39 is 0 Å². The molecular formula is C14H17N3O2. The Morgan fingerprint density at radius 2 is 1.89 bits per heavy atom. The normalized spacial score (nSPS) is 16.8. The third-order valence-corrected chi connectivity index (χ3v) is 3.56. The van der Waals surface area contributed by atoms with Crippen LogP contribution in [0.25, 0.3) is 11.3 Å². The van der Waals surface area contributed by atoms with Crippen LogP contribution in [-0.4, -0.2) is 29.4 Å². The predicted octanol–water partition coefficient (Wildman–Crippen LogP) is 1.97. The first-order valence-corrected chi connectivity index (χ1v) is 6.48. The van der Waals surface area contributed by atoms with Crippen LogP contribution < -0.4 is 10.6 Å². The van der Waals surface area contributed by atoms with Gasteiger partial charge in [-0.2, -0.15) is 0 Å². The van der Waals surface area contributed by atoms with Crippen LogP contribution in [0, 0.1) is 0 Å². The molecule has 19 heavy (non-hydrogen) atoms. The van der Waals surface area contributed by atoms with Crippen LogP contribution >= 0.6 is 0 Å². The van der Waals surface area contributed by atoms with Gasteiger partial charge in [-0.25, -0.2) is 0 Å². The number of phenols is 1. The van der Waals surface area contributed by atoms with Crippen molar-refractivity contribution in [2.75, 3.05) is 18.0 Å². The number of aromatic nitrogens is 1. The second-order valence-electron chi connectivity index (χ2n) is 4.91. The summed E-state index contributed by atoms with van der Waals surface area (Å²) in [4.78, 5) is 2.25.